The lowest BCUT2D eigenvalue weighted by atomic mass is 9.76. The number of Topliss-reactive ketones (excluding diaryl/α,β-unsaturated/α-hetero) is 1. The van der Waals surface area contributed by atoms with E-state index in [1.807, 2.05) is 0 Å². The number of ether oxygens (including phenoxy) is 4. The van der Waals surface area contributed by atoms with E-state index in [1.54, 1.807) is 74.4 Å². The number of amides is 2. The predicted molar refractivity (Wildman–Crippen MR) is 148 cm³/mol. The molecule has 0 saturated carbocycles. The standard InChI is InChI=1S/C31H32N2O9/c1-17-14-22(18(2)42-17)29(34)26-25(19-4-7-21(38-3)8-5-19)28(30(35)36)33(31(37)32-10-12-39-13-11-32)27(26)20-6-9-23-24(15-20)41-16-40-23/h4-9,14-15,25-28H,10-13,16H2,1-3H3,(H,35,36). The molecule has 3 aliphatic rings. The molecule has 2 saturated heterocycles. The van der Waals surface area contributed by atoms with Gasteiger partial charge in [-0.15, -0.1) is 0 Å². The molecule has 3 aliphatic heterocycles. The van der Waals surface area contributed by atoms with Crippen molar-refractivity contribution in [1.29, 1.82) is 0 Å². The molecule has 4 unspecified atom stereocenters. The van der Waals surface area contributed by atoms with Crippen molar-refractivity contribution < 1.29 is 42.9 Å². The molecule has 4 atom stereocenters. The summed E-state index contributed by atoms with van der Waals surface area (Å²) in [5.41, 5.74) is 1.52. The van der Waals surface area contributed by atoms with Gasteiger partial charge in [-0.3, -0.25) is 4.79 Å². The number of methoxy groups -OCH3 is 1. The Morgan fingerprint density at radius 2 is 1.62 bits per heavy atom. The molecule has 0 spiro atoms. The van der Waals surface area contributed by atoms with Crippen LogP contribution in [0.5, 0.6) is 17.2 Å². The molecule has 2 fully saturated rings. The molecular weight excluding hydrogens is 544 g/mol. The van der Waals surface area contributed by atoms with Gasteiger partial charge in [0.25, 0.3) is 0 Å². The minimum absolute atomic E-state index is 0.0436. The Hall–Kier alpha value is -4.51. The van der Waals surface area contributed by atoms with Crippen LogP contribution < -0.4 is 14.2 Å². The molecule has 0 radical (unpaired) electrons. The number of morpholine rings is 1. The molecule has 4 heterocycles. The number of likely N-dealkylation sites (tertiary alicyclic amines) is 1. The van der Waals surface area contributed by atoms with Gasteiger partial charge in [-0.2, -0.15) is 0 Å². The molecule has 0 bridgehead atoms. The Balaban J connectivity index is 1.57. The Morgan fingerprint density at radius 3 is 2.26 bits per heavy atom. The van der Waals surface area contributed by atoms with Crippen molar-refractivity contribution in [2.24, 2.45) is 5.92 Å². The number of benzene rings is 2. The topological polar surface area (TPSA) is 128 Å². The highest BCUT2D eigenvalue weighted by molar-refractivity contribution is 6.02. The fraction of sp³-hybridized carbons (Fsp3) is 0.387. The predicted octanol–water partition coefficient (Wildman–Crippen LogP) is 4.18. The highest BCUT2D eigenvalue weighted by Gasteiger charge is 2.58. The zero-order valence-corrected chi connectivity index (χ0v) is 23.6. The van der Waals surface area contributed by atoms with Crippen LogP contribution in [0.3, 0.4) is 0 Å². The van der Waals surface area contributed by atoms with Crippen LogP contribution in [0.25, 0.3) is 0 Å². The van der Waals surface area contributed by atoms with E-state index in [1.165, 1.54) is 4.90 Å². The van der Waals surface area contributed by atoms with Crippen molar-refractivity contribution in [2.75, 3.05) is 40.2 Å². The highest BCUT2D eigenvalue weighted by atomic mass is 16.7. The van der Waals surface area contributed by atoms with Crippen LogP contribution in [0, 0.1) is 19.8 Å². The maximum atomic E-state index is 14.6. The Kier molecular flexibility index (Phi) is 7.28. The van der Waals surface area contributed by atoms with E-state index in [0.29, 0.717) is 71.8 Å². The Bertz CT molecular complexity index is 1510. The summed E-state index contributed by atoms with van der Waals surface area (Å²) in [4.78, 5) is 45.1. The number of ketones is 1. The molecule has 6 rings (SSSR count). The first-order valence-corrected chi connectivity index (χ1v) is 13.8. The third-order valence-electron chi connectivity index (χ3n) is 8.27. The third kappa shape index (κ3) is 4.73. The van der Waals surface area contributed by atoms with Gasteiger partial charge in [-0.1, -0.05) is 18.2 Å². The summed E-state index contributed by atoms with van der Waals surface area (Å²) in [5, 5.41) is 10.8. The normalized spacial score (nSPS) is 23.2. The molecule has 220 valence electrons. The van der Waals surface area contributed by atoms with E-state index < -0.39 is 35.9 Å². The van der Waals surface area contributed by atoms with Crippen LogP contribution in [0.15, 0.2) is 52.9 Å². The van der Waals surface area contributed by atoms with E-state index in [-0.39, 0.29) is 12.6 Å². The number of hydrogen-bond donors (Lipinski definition) is 1. The van der Waals surface area contributed by atoms with Gasteiger partial charge in [0.1, 0.15) is 23.3 Å². The van der Waals surface area contributed by atoms with Crippen molar-refractivity contribution in [2.45, 2.75) is 31.8 Å². The van der Waals surface area contributed by atoms with E-state index >= 15 is 0 Å². The number of hydrogen-bond acceptors (Lipinski definition) is 8. The van der Waals surface area contributed by atoms with Gasteiger partial charge in [0, 0.05) is 19.0 Å². The summed E-state index contributed by atoms with van der Waals surface area (Å²) >= 11 is 0. The molecule has 1 N–H and O–H groups in total. The Morgan fingerprint density at radius 1 is 0.929 bits per heavy atom. The number of fused-ring (bicyclic) bond motifs is 1. The van der Waals surface area contributed by atoms with Crippen LogP contribution in [-0.2, 0) is 9.53 Å². The number of carboxylic acid groups (broad SMARTS) is 1. The first kappa shape index (κ1) is 27.6. The fourth-order valence-electron chi connectivity index (χ4n) is 6.38. The molecule has 1 aromatic heterocycles. The SMILES string of the molecule is COc1ccc(C2C(C(=O)c3cc(C)oc3C)C(c3ccc4c(c3)OCO4)N(C(=O)N3CCOCC3)C2C(=O)O)cc1. The molecule has 42 heavy (non-hydrogen) atoms. The summed E-state index contributed by atoms with van der Waals surface area (Å²) < 4.78 is 27.7. The minimum Gasteiger partial charge on any atom is -0.497 e. The number of urea groups is 1. The number of aryl methyl sites for hydroxylation is 2. The smallest absolute Gasteiger partial charge is 0.327 e. The van der Waals surface area contributed by atoms with Gasteiger partial charge in [0.05, 0.1) is 37.8 Å². The third-order valence-corrected chi connectivity index (χ3v) is 8.27. The first-order chi connectivity index (χ1) is 20.3. The van der Waals surface area contributed by atoms with Gasteiger partial charge in [0.15, 0.2) is 17.3 Å². The van der Waals surface area contributed by atoms with Crippen LogP contribution in [0.1, 0.15) is 45.0 Å². The number of carbonyl (C=O) groups excluding carboxylic acids is 2. The van der Waals surface area contributed by atoms with Gasteiger partial charge in [-0.05, 0) is 55.3 Å². The lowest BCUT2D eigenvalue weighted by molar-refractivity contribution is -0.142. The lowest BCUT2D eigenvalue weighted by Gasteiger charge is -2.36. The number of aliphatic carboxylic acids is 1. The summed E-state index contributed by atoms with van der Waals surface area (Å²) in [7, 11) is 1.54. The van der Waals surface area contributed by atoms with Crippen LogP contribution in [0.4, 0.5) is 4.79 Å². The summed E-state index contributed by atoms with van der Waals surface area (Å²) in [6, 6.07) is 11.1. The molecule has 2 amide bonds. The average molecular weight is 577 g/mol. The zero-order chi connectivity index (χ0) is 29.5. The average Bonchev–Trinajstić information content (AvgIpc) is 3.71. The number of nitrogens with zero attached hydrogens (tertiary/aromatic N) is 2. The molecule has 11 nitrogen and oxygen atoms in total. The maximum absolute atomic E-state index is 14.6. The number of carbonyl (C=O) groups is 3. The zero-order valence-electron chi connectivity index (χ0n) is 23.6. The number of furan rings is 1. The second-order valence-corrected chi connectivity index (χ2v) is 10.6. The monoisotopic (exact) mass is 576 g/mol. The number of carboxylic acids is 1. The van der Waals surface area contributed by atoms with Crippen molar-refractivity contribution in [3.63, 3.8) is 0 Å². The summed E-state index contributed by atoms with van der Waals surface area (Å²) in [6.45, 7) is 4.79. The van der Waals surface area contributed by atoms with Crippen molar-refractivity contribution >= 4 is 17.8 Å². The van der Waals surface area contributed by atoms with Crippen molar-refractivity contribution in [3.05, 3.63) is 76.7 Å². The van der Waals surface area contributed by atoms with Gasteiger partial charge in [-0.25, -0.2) is 9.59 Å². The maximum Gasteiger partial charge on any atom is 0.327 e. The first-order valence-electron chi connectivity index (χ1n) is 13.8. The highest BCUT2D eigenvalue weighted by Crippen LogP contribution is 2.53. The van der Waals surface area contributed by atoms with Gasteiger partial charge < -0.3 is 38.3 Å². The second kappa shape index (κ2) is 11.1. The van der Waals surface area contributed by atoms with Crippen LogP contribution in [-0.4, -0.2) is 78.9 Å². The molecule has 3 aromatic rings. The Labute approximate surface area is 242 Å². The fourth-order valence-corrected chi connectivity index (χ4v) is 6.38. The van der Waals surface area contributed by atoms with E-state index in [4.69, 9.17) is 23.4 Å². The van der Waals surface area contributed by atoms with Crippen molar-refractivity contribution in [1.82, 2.24) is 9.80 Å². The summed E-state index contributed by atoms with van der Waals surface area (Å²) in [5.74, 6) is -0.806. The molecular formula is C31H32N2O9. The molecule has 2 aromatic carbocycles. The van der Waals surface area contributed by atoms with Crippen molar-refractivity contribution in [3.8, 4) is 17.2 Å². The largest absolute Gasteiger partial charge is 0.497 e. The molecule has 0 aliphatic carbocycles. The van der Waals surface area contributed by atoms with E-state index in [2.05, 4.69) is 0 Å². The van der Waals surface area contributed by atoms with E-state index in [0.717, 1.165) is 0 Å². The second-order valence-electron chi connectivity index (χ2n) is 10.6. The summed E-state index contributed by atoms with van der Waals surface area (Å²) in [6.07, 6.45) is 0. The van der Waals surface area contributed by atoms with Gasteiger partial charge >= 0.3 is 12.0 Å². The lowest BCUT2D eigenvalue weighted by Crippen LogP contribution is -2.52. The quantitative estimate of drug-likeness (QED) is 0.430. The minimum atomic E-state index is -1.36. The van der Waals surface area contributed by atoms with Crippen LogP contribution in [0.2, 0.25) is 0 Å². The number of rotatable bonds is 6. The van der Waals surface area contributed by atoms with Gasteiger partial charge in [0.2, 0.25) is 6.79 Å². The van der Waals surface area contributed by atoms with Crippen LogP contribution >= 0.6 is 0 Å². The molecule has 11 heteroatoms. The van der Waals surface area contributed by atoms with E-state index in [9.17, 15) is 19.5 Å².